The molecule has 6 nitrogen and oxygen atoms in total. The van der Waals surface area contributed by atoms with Crippen LogP contribution in [0.25, 0.3) is 0 Å². The fraction of sp³-hybridized carbons (Fsp3) is 0.875. The van der Waals surface area contributed by atoms with Crippen molar-refractivity contribution in [1.29, 1.82) is 0 Å². The van der Waals surface area contributed by atoms with Gasteiger partial charge >= 0.3 is 6.23 Å². The topological polar surface area (TPSA) is 64.8 Å². The third-order valence-electron chi connectivity index (χ3n) is 4.02. The summed E-state index contributed by atoms with van der Waals surface area (Å²) in [4.78, 5) is 12.9. The molecule has 0 saturated carbocycles. The van der Waals surface area contributed by atoms with Gasteiger partial charge in [0, 0.05) is 39.0 Å². The van der Waals surface area contributed by atoms with E-state index >= 15 is 0 Å². The van der Waals surface area contributed by atoms with Crippen molar-refractivity contribution in [3.8, 4) is 0 Å². The molecule has 22 heavy (non-hydrogen) atoms. The smallest absolute Gasteiger partial charge is 0.318 e. The molecule has 1 aliphatic heterocycles. The van der Waals surface area contributed by atoms with Crippen LogP contribution in [0.4, 0.5) is 0 Å². The Labute approximate surface area is 133 Å². The normalized spacial score (nSPS) is 19.9. The predicted octanol–water partition coefficient (Wildman–Crippen LogP) is 2.71. The van der Waals surface area contributed by atoms with E-state index in [-0.39, 0.29) is 11.0 Å². The lowest BCUT2D eigenvalue weighted by molar-refractivity contribution is -0.572. The first kappa shape index (κ1) is 19.1. The molecule has 1 aliphatic rings. The Morgan fingerprint density at radius 2 is 2.00 bits per heavy atom. The first-order chi connectivity index (χ1) is 10.5. The van der Waals surface area contributed by atoms with Crippen LogP contribution in [0.15, 0.2) is 12.2 Å². The molecule has 6 heteroatoms. The molecule has 0 aromatic carbocycles. The van der Waals surface area contributed by atoms with Crippen LogP contribution in [0.1, 0.15) is 40.0 Å². The van der Waals surface area contributed by atoms with Gasteiger partial charge in [0.05, 0.1) is 11.3 Å². The Balaban J connectivity index is 2.61. The van der Waals surface area contributed by atoms with Gasteiger partial charge in [-0.15, -0.1) is 0 Å². The number of ether oxygens (including phenoxy) is 2. The van der Waals surface area contributed by atoms with Crippen LogP contribution in [0.5, 0.6) is 0 Å². The van der Waals surface area contributed by atoms with E-state index in [1.807, 2.05) is 6.08 Å². The Morgan fingerprint density at radius 3 is 2.50 bits per heavy atom. The van der Waals surface area contributed by atoms with Gasteiger partial charge in [0.25, 0.3) is 0 Å². The lowest BCUT2D eigenvalue weighted by Crippen LogP contribution is -2.45. The first-order valence-corrected chi connectivity index (χ1v) is 8.12. The summed E-state index contributed by atoms with van der Waals surface area (Å²) in [5.74, 6) is 0.587. The van der Waals surface area contributed by atoms with Crippen molar-refractivity contribution in [3.63, 3.8) is 0 Å². The van der Waals surface area contributed by atoms with Gasteiger partial charge in [0.1, 0.15) is 0 Å². The van der Waals surface area contributed by atoms with Crippen LogP contribution < -0.4 is 0 Å². The van der Waals surface area contributed by atoms with Gasteiger partial charge in [0.2, 0.25) is 0 Å². The average Bonchev–Trinajstić information content (AvgIpc) is 2.49. The molecule has 0 bridgehead atoms. The van der Waals surface area contributed by atoms with Crippen LogP contribution in [-0.2, 0) is 9.47 Å². The molecule has 2 atom stereocenters. The van der Waals surface area contributed by atoms with Crippen molar-refractivity contribution in [1.82, 2.24) is 4.90 Å². The Hall–Kier alpha value is -0.980. The second-order valence-electron chi connectivity index (χ2n) is 6.31. The maximum absolute atomic E-state index is 10.8. The molecule has 1 heterocycles. The summed E-state index contributed by atoms with van der Waals surface area (Å²) in [6, 6.07) is 0.791. The van der Waals surface area contributed by atoms with E-state index < -0.39 is 6.23 Å². The van der Waals surface area contributed by atoms with Crippen molar-refractivity contribution < 1.29 is 14.4 Å². The van der Waals surface area contributed by atoms with Crippen LogP contribution in [-0.4, -0.2) is 55.0 Å². The zero-order valence-electron chi connectivity index (χ0n) is 14.2. The van der Waals surface area contributed by atoms with Gasteiger partial charge in [-0.25, -0.2) is 0 Å². The minimum atomic E-state index is -0.954. The molecule has 1 fully saturated rings. The van der Waals surface area contributed by atoms with Crippen molar-refractivity contribution >= 4 is 0 Å². The monoisotopic (exact) mass is 314 g/mol. The fourth-order valence-corrected chi connectivity index (χ4v) is 2.86. The highest BCUT2D eigenvalue weighted by Crippen LogP contribution is 2.19. The predicted molar refractivity (Wildman–Crippen MR) is 86.4 cm³/mol. The third kappa shape index (κ3) is 6.42. The second-order valence-corrected chi connectivity index (χ2v) is 6.31. The largest absolute Gasteiger partial charge is 0.381 e. The maximum atomic E-state index is 10.8. The molecule has 0 aliphatic carbocycles. The molecular formula is C16H30N2O4. The second kappa shape index (κ2) is 9.92. The summed E-state index contributed by atoms with van der Waals surface area (Å²) in [5, 5.41) is 10.8. The average molecular weight is 314 g/mol. The third-order valence-corrected chi connectivity index (χ3v) is 4.02. The quantitative estimate of drug-likeness (QED) is 0.283. The molecule has 0 N–H and O–H groups in total. The van der Waals surface area contributed by atoms with E-state index in [1.165, 1.54) is 7.11 Å². The van der Waals surface area contributed by atoms with Crippen molar-refractivity contribution in [2.24, 2.45) is 5.92 Å². The molecule has 2 unspecified atom stereocenters. The van der Waals surface area contributed by atoms with Crippen LogP contribution in [0, 0.1) is 16.0 Å². The van der Waals surface area contributed by atoms with Gasteiger partial charge in [-0.05, 0) is 25.7 Å². The summed E-state index contributed by atoms with van der Waals surface area (Å²) in [7, 11) is 1.37. The lowest BCUT2D eigenvalue weighted by Gasteiger charge is -2.38. The van der Waals surface area contributed by atoms with Gasteiger partial charge in [0.15, 0.2) is 0 Å². The van der Waals surface area contributed by atoms with E-state index in [0.717, 1.165) is 32.6 Å². The summed E-state index contributed by atoms with van der Waals surface area (Å²) >= 11 is 0. The highest BCUT2D eigenvalue weighted by Gasteiger charge is 2.25. The Kier molecular flexibility index (Phi) is 8.60. The van der Waals surface area contributed by atoms with Gasteiger partial charge in [-0.1, -0.05) is 26.0 Å². The number of nitrogens with zero attached hydrogens (tertiary/aromatic N) is 2. The Morgan fingerprint density at radius 1 is 1.36 bits per heavy atom. The highest BCUT2D eigenvalue weighted by atomic mass is 16.7. The lowest BCUT2D eigenvalue weighted by atomic mass is 10.0. The minimum Gasteiger partial charge on any atom is -0.381 e. The highest BCUT2D eigenvalue weighted by molar-refractivity contribution is 4.95. The Bertz CT molecular complexity index is 354. The molecule has 0 aromatic rings. The van der Waals surface area contributed by atoms with Gasteiger partial charge < -0.3 is 9.47 Å². The zero-order valence-corrected chi connectivity index (χ0v) is 14.2. The van der Waals surface area contributed by atoms with E-state index in [0.29, 0.717) is 18.4 Å². The molecule has 1 rings (SSSR count). The number of hydrogen-bond acceptors (Lipinski definition) is 5. The van der Waals surface area contributed by atoms with Crippen LogP contribution in [0.2, 0.25) is 0 Å². The van der Waals surface area contributed by atoms with Gasteiger partial charge in [-0.2, -0.15) is 0 Å². The number of hydrogen-bond donors (Lipinski definition) is 0. The zero-order chi connectivity index (χ0) is 16.5. The van der Waals surface area contributed by atoms with Gasteiger partial charge in [-0.3, -0.25) is 15.0 Å². The molecule has 1 saturated heterocycles. The molecule has 0 aromatic heterocycles. The number of nitro groups is 1. The SMILES string of the molecule is COC(C/C=C\C(C)N(CC(C)C)C1CCOCC1)[N+](=O)[O-]. The number of rotatable bonds is 9. The summed E-state index contributed by atoms with van der Waals surface area (Å²) < 4.78 is 10.3. The van der Waals surface area contributed by atoms with E-state index in [9.17, 15) is 10.1 Å². The maximum Gasteiger partial charge on any atom is 0.318 e. The molecular weight excluding hydrogens is 284 g/mol. The van der Waals surface area contributed by atoms with Crippen molar-refractivity contribution in [3.05, 3.63) is 22.3 Å². The van der Waals surface area contributed by atoms with Crippen LogP contribution >= 0.6 is 0 Å². The summed E-state index contributed by atoms with van der Waals surface area (Å²) in [6.45, 7) is 9.26. The first-order valence-electron chi connectivity index (χ1n) is 8.12. The van der Waals surface area contributed by atoms with Crippen LogP contribution in [0.3, 0.4) is 0 Å². The van der Waals surface area contributed by atoms with Crippen molar-refractivity contribution in [2.45, 2.75) is 58.3 Å². The summed E-state index contributed by atoms with van der Waals surface area (Å²) in [6.07, 6.45) is 5.39. The standard InChI is InChI=1S/C16H30N2O4/c1-13(2)12-17(15-8-10-22-11-9-15)14(3)6-5-7-16(21-4)18(19)20/h5-6,13-16H,7-12H2,1-4H3/b6-5-. The molecule has 0 radical (unpaired) electrons. The van der Waals surface area contributed by atoms with E-state index in [4.69, 9.17) is 9.47 Å². The van der Waals surface area contributed by atoms with Crippen molar-refractivity contribution in [2.75, 3.05) is 26.9 Å². The van der Waals surface area contributed by atoms with E-state index in [1.54, 1.807) is 0 Å². The molecule has 0 spiro atoms. The molecule has 0 amide bonds. The molecule has 128 valence electrons. The van der Waals surface area contributed by atoms with E-state index in [2.05, 4.69) is 31.7 Å². The minimum absolute atomic E-state index is 0.259. The fourth-order valence-electron chi connectivity index (χ4n) is 2.86. The number of methoxy groups -OCH3 is 1. The summed E-state index contributed by atoms with van der Waals surface area (Å²) in [5.41, 5.74) is 0.